The minimum absolute atomic E-state index is 0.0294. The maximum atomic E-state index is 13.0. The van der Waals surface area contributed by atoms with Crippen LogP contribution in [-0.4, -0.2) is 53.9 Å². The molecule has 27 heavy (non-hydrogen) atoms. The number of aromatic nitrogens is 2. The quantitative estimate of drug-likeness (QED) is 0.774. The highest BCUT2D eigenvalue weighted by Crippen LogP contribution is 2.18. The van der Waals surface area contributed by atoms with Gasteiger partial charge in [-0.25, -0.2) is 0 Å². The maximum absolute atomic E-state index is 13.0. The number of piperidine rings is 1. The maximum Gasteiger partial charge on any atom is 0.254 e. The zero-order valence-electron chi connectivity index (χ0n) is 16.4. The molecular weight excluding hydrogens is 340 g/mol. The second-order valence-corrected chi connectivity index (χ2v) is 7.36. The van der Waals surface area contributed by atoms with E-state index in [4.69, 9.17) is 4.74 Å². The lowest BCUT2D eigenvalue weighted by atomic mass is 9.92. The molecule has 2 aromatic rings. The molecule has 1 N–H and O–H groups in total. The Kier molecular flexibility index (Phi) is 7.01. The molecule has 6 heteroatoms. The summed E-state index contributed by atoms with van der Waals surface area (Å²) in [5.41, 5.74) is 3.04. The predicted molar refractivity (Wildman–Crippen MR) is 106 cm³/mol. The highest BCUT2D eigenvalue weighted by atomic mass is 16.5. The van der Waals surface area contributed by atoms with E-state index in [0.717, 1.165) is 30.6 Å². The standard InChI is InChI=1S/C21H30N4O2/c1-24-15-19(14-23-24)16-25(10-11-27-2)21(26)20-7-5-17(6-8-20)12-18-4-3-9-22-13-18/h5-8,14-15,18,22H,3-4,9-13,16H2,1-2H3/t18-/m0/s1. The molecule has 1 aromatic carbocycles. The summed E-state index contributed by atoms with van der Waals surface area (Å²) in [5.74, 6) is 0.728. The van der Waals surface area contributed by atoms with E-state index in [1.165, 1.54) is 18.4 Å². The van der Waals surface area contributed by atoms with Crippen molar-refractivity contribution >= 4 is 5.91 Å². The van der Waals surface area contributed by atoms with Gasteiger partial charge in [0.2, 0.25) is 0 Å². The predicted octanol–water partition coefficient (Wildman–Crippen LogP) is 2.25. The lowest BCUT2D eigenvalue weighted by Crippen LogP contribution is -2.33. The summed E-state index contributed by atoms with van der Waals surface area (Å²) >= 11 is 0. The molecule has 1 saturated heterocycles. The summed E-state index contributed by atoms with van der Waals surface area (Å²) in [7, 11) is 3.53. The first-order chi connectivity index (χ1) is 13.2. The van der Waals surface area contributed by atoms with Crippen LogP contribution >= 0.6 is 0 Å². The molecule has 0 aliphatic carbocycles. The molecule has 0 bridgehead atoms. The zero-order chi connectivity index (χ0) is 19.1. The van der Waals surface area contributed by atoms with Crippen LogP contribution in [0.5, 0.6) is 0 Å². The van der Waals surface area contributed by atoms with Crippen molar-refractivity contribution in [2.24, 2.45) is 13.0 Å². The second-order valence-electron chi connectivity index (χ2n) is 7.36. The van der Waals surface area contributed by atoms with Gasteiger partial charge in [0.05, 0.1) is 12.8 Å². The van der Waals surface area contributed by atoms with Gasteiger partial charge in [-0.2, -0.15) is 5.10 Å². The number of hydrogen-bond acceptors (Lipinski definition) is 4. The number of amides is 1. The smallest absolute Gasteiger partial charge is 0.254 e. The third-order valence-corrected chi connectivity index (χ3v) is 5.11. The molecule has 0 saturated carbocycles. The van der Waals surface area contributed by atoms with Gasteiger partial charge in [-0.1, -0.05) is 12.1 Å². The lowest BCUT2D eigenvalue weighted by Gasteiger charge is -2.23. The molecule has 146 valence electrons. The molecular formula is C21H30N4O2. The summed E-state index contributed by atoms with van der Waals surface area (Å²) in [6, 6.07) is 8.11. The largest absolute Gasteiger partial charge is 0.383 e. The van der Waals surface area contributed by atoms with Crippen molar-refractivity contribution in [3.8, 4) is 0 Å². The zero-order valence-corrected chi connectivity index (χ0v) is 16.4. The van der Waals surface area contributed by atoms with E-state index in [1.54, 1.807) is 18.0 Å². The van der Waals surface area contributed by atoms with Crippen molar-refractivity contribution in [3.05, 3.63) is 53.3 Å². The fourth-order valence-corrected chi connectivity index (χ4v) is 3.63. The molecule has 3 rings (SSSR count). The summed E-state index contributed by atoms with van der Waals surface area (Å²) in [5, 5.41) is 7.66. The van der Waals surface area contributed by atoms with Crippen LogP contribution < -0.4 is 5.32 Å². The number of rotatable bonds is 8. The number of nitrogens with zero attached hydrogens (tertiary/aromatic N) is 3. The summed E-state index contributed by atoms with van der Waals surface area (Å²) in [6.45, 7) is 3.83. The topological polar surface area (TPSA) is 59.4 Å². The fraction of sp³-hybridized carbons (Fsp3) is 0.524. The molecule has 6 nitrogen and oxygen atoms in total. The van der Waals surface area contributed by atoms with Crippen LogP contribution in [0.3, 0.4) is 0 Å². The number of benzene rings is 1. The van der Waals surface area contributed by atoms with Crippen molar-refractivity contribution in [1.82, 2.24) is 20.0 Å². The van der Waals surface area contributed by atoms with Gasteiger partial charge < -0.3 is 15.0 Å². The number of hydrogen-bond donors (Lipinski definition) is 1. The van der Waals surface area contributed by atoms with Crippen LogP contribution in [0.2, 0.25) is 0 Å². The average Bonchev–Trinajstić information content (AvgIpc) is 3.11. The van der Waals surface area contributed by atoms with Crippen LogP contribution in [0.25, 0.3) is 0 Å². The van der Waals surface area contributed by atoms with Crippen molar-refractivity contribution in [1.29, 1.82) is 0 Å². The molecule has 0 radical (unpaired) electrons. The van der Waals surface area contributed by atoms with E-state index in [2.05, 4.69) is 22.5 Å². The summed E-state index contributed by atoms with van der Waals surface area (Å²) < 4.78 is 6.94. The van der Waals surface area contributed by atoms with Gasteiger partial charge in [-0.15, -0.1) is 0 Å². The highest BCUT2D eigenvalue weighted by molar-refractivity contribution is 5.94. The van der Waals surface area contributed by atoms with Gasteiger partial charge in [0, 0.05) is 44.6 Å². The Balaban J connectivity index is 1.64. The Morgan fingerprint density at radius 2 is 2.15 bits per heavy atom. The lowest BCUT2D eigenvalue weighted by molar-refractivity contribution is 0.0680. The molecule has 2 heterocycles. The molecule has 1 atom stereocenters. The first-order valence-electron chi connectivity index (χ1n) is 9.71. The molecule has 1 aliphatic heterocycles. The van der Waals surface area contributed by atoms with Crippen molar-refractivity contribution in [3.63, 3.8) is 0 Å². The normalized spacial score (nSPS) is 17.0. The van der Waals surface area contributed by atoms with Gasteiger partial charge in [0.15, 0.2) is 0 Å². The van der Waals surface area contributed by atoms with E-state index in [1.807, 2.05) is 30.3 Å². The number of carbonyl (C=O) groups excluding carboxylic acids is 1. The van der Waals surface area contributed by atoms with Crippen LogP contribution in [0.15, 0.2) is 36.7 Å². The first-order valence-corrected chi connectivity index (χ1v) is 9.71. The molecule has 1 fully saturated rings. The van der Waals surface area contributed by atoms with Crippen LogP contribution in [0, 0.1) is 5.92 Å². The molecule has 1 aliphatic rings. The molecule has 1 aromatic heterocycles. The number of ether oxygens (including phenoxy) is 1. The third-order valence-electron chi connectivity index (χ3n) is 5.11. The van der Waals surface area contributed by atoms with Gasteiger partial charge in [-0.05, 0) is 56.0 Å². The Morgan fingerprint density at radius 1 is 1.33 bits per heavy atom. The Labute approximate surface area is 161 Å². The van der Waals surface area contributed by atoms with E-state index in [0.29, 0.717) is 25.6 Å². The Morgan fingerprint density at radius 3 is 2.78 bits per heavy atom. The van der Waals surface area contributed by atoms with Crippen molar-refractivity contribution in [2.75, 3.05) is 33.4 Å². The molecule has 0 unspecified atom stereocenters. The van der Waals surface area contributed by atoms with E-state index >= 15 is 0 Å². The first kappa shape index (κ1) is 19.6. The van der Waals surface area contributed by atoms with Gasteiger partial charge in [0.25, 0.3) is 5.91 Å². The van der Waals surface area contributed by atoms with Crippen LogP contribution in [-0.2, 0) is 24.8 Å². The van der Waals surface area contributed by atoms with Gasteiger partial charge >= 0.3 is 0 Å². The number of carbonyl (C=O) groups is 1. The average molecular weight is 370 g/mol. The van der Waals surface area contributed by atoms with Gasteiger partial charge in [-0.3, -0.25) is 9.48 Å². The summed E-state index contributed by atoms with van der Waals surface area (Å²) in [6.07, 6.45) is 7.35. The molecule has 1 amide bonds. The van der Waals surface area contributed by atoms with E-state index in [-0.39, 0.29) is 5.91 Å². The van der Waals surface area contributed by atoms with Crippen LogP contribution in [0.4, 0.5) is 0 Å². The summed E-state index contributed by atoms with van der Waals surface area (Å²) in [4.78, 5) is 14.8. The highest BCUT2D eigenvalue weighted by Gasteiger charge is 2.18. The Hall–Kier alpha value is -2.18. The van der Waals surface area contributed by atoms with E-state index in [9.17, 15) is 4.79 Å². The van der Waals surface area contributed by atoms with Crippen LogP contribution in [0.1, 0.15) is 34.3 Å². The van der Waals surface area contributed by atoms with Crippen molar-refractivity contribution < 1.29 is 9.53 Å². The minimum Gasteiger partial charge on any atom is -0.383 e. The van der Waals surface area contributed by atoms with Crippen molar-refractivity contribution in [2.45, 2.75) is 25.8 Å². The van der Waals surface area contributed by atoms with E-state index < -0.39 is 0 Å². The number of aryl methyl sites for hydroxylation is 1. The van der Waals surface area contributed by atoms with Gasteiger partial charge in [0.1, 0.15) is 0 Å². The minimum atomic E-state index is 0.0294. The fourth-order valence-electron chi connectivity index (χ4n) is 3.63. The molecule has 0 spiro atoms. The Bertz CT molecular complexity index is 720. The third kappa shape index (κ3) is 5.65. The number of methoxy groups -OCH3 is 1. The number of nitrogens with one attached hydrogen (secondary N) is 1. The SMILES string of the molecule is COCCN(Cc1cnn(C)c1)C(=O)c1ccc(C[C@@H]2CCCNC2)cc1. The monoisotopic (exact) mass is 370 g/mol. The second kappa shape index (κ2) is 9.67.